The van der Waals surface area contributed by atoms with Crippen molar-refractivity contribution in [1.82, 2.24) is 5.32 Å². The van der Waals surface area contributed by atoms with Crippen LogP contribution in [0.15, 0.2) is 24.3 Å². The Morgan fingerprint density at radius 3 is 2.36 bits per heavy atom. The van der Waals surface area contributed by atoms with Gasteiger partial charge in [0.2, 0.25) is 0 Å². The van der Waals surface area contributed by atoms with Crippen LogP contribution in [0.2, 0.25) is 0 Å². The van der Waals surface area contributed by atoms with Gasteiger partial charge in [0.1, 0.15) is 5.75 Å². The molecule has 0 heterocycles. The molecule has 0 aliphatic rings. The number of phenolic OH excluding ortho intramolecular Hbond substituents is 1. The molecule has 3 nitrogen and oxygen atoms in total. The summed E-state index contributed by atoms with van der Waals surface area (Å²) in [5.41, 5.74) is 0.816. The number of hydrogen-bond acceptors (Lipinski definition) is 3. The van der Waals surface area contributed by atoms with Crippen molar-refractivity contribution in [1.29, 1.82) is 0 Å². The predicted molar refractivity (Wildman–Crippen MR) is 56.2 cm³/mol. The lowest BCUT2D eigenvalue weighted by Crippen LogP contribution is -2.31. The van der Waals surface area contributed by atoms with Gasteiger partial charge in [-0.25, -0.2) is 0 Å². The van der Waals surface area contributed by atoms with Gasteiger partial charge in [0, 0.05) is 6.04 Å². The molecule has 0 saturated heterocycles. The molecular weight excluding hydrogens is 178 g/mol. The quantitative estimate of drug-likeness (QED) is 0.681. The first-order valence-electron chi connectivity index (χ1n) is 4.85. The third kappa shape index (κ3) is 2.72. The smallest absolute Gasteiger partial charge is 0.115 e. The van der Waals surface area contributed by atoms with E-state index in [0.717, 1.165) is 12.1 Å². The highest BCUT2D eigenvalue weighted by Gasteiger charge is 2.14. The molecule has 1 aromatic carbocycles. The van der Waals surface area contributed by atoms with Gasteiger partial charge in [0.05, 0.1) is 6.10 Å². The number of nitrogens with one attached hydrogen (secondary N) is 1. The molecule has 0 aliphatic carbocycles. The topological polar surface area (TPSA) is 52.5 Å². The lowest BCUT2D eigenvalue weighted by atomic mass is 10.0. The van der Waals surface area contributed by atoms with Gasteiger partial charge in [-0.05, 0) is 31.2 Å². The summed E-state index contributed by atoms with van der Waals surface area (Å²) in [5.74, 6) is 0.219. The van der Waals surface area contributed by atoms with E-state index in [9.17, 15) is 5.11 Å². The maximum Gasteiger partial charge on any atom is 0.115 e. The van der Waals surface area contributed by atoms with Crippen LogP contribution in [0.25, 0.3) is 0 Å². The Bertz CT molecular complexity index is 271. The lowest BCUT2D eigenvalue weighted by Gasteiger charge is -2.19. The largest absolute Gasteiger partial charge is 0.508 e. The summed E-state index contributed by atoms with van der Waals surface area (Å²) in [6, 6.07) is 6.64. The minimum absolute atomic E-state index is 0.0181. The van der Waals surface area contributed by atoms with Gasteiger partial charge < -0.3 is 15.5 Å². The molecule has 3 N–H and O–H groups in total. The van der Waals surface area contributed by atoms with Crippen LogP contribution in [0.4, 0.5) is 0 Å². The number of likely N-dealkylation sites (N-methyl/N-ethyl adjacent to an activating group) is 1. The molecule has 0 spiro atoms. The number of aromatic hydroxyl groups is 1. The van der Waals surface area contributed by atoms with Crippen LogP contribution < -0.4 is 5.32 Å². The first-order valence-corrected chi connectivity index (χ1v) is 4.85. The molecule has 1 aromatic rings. The number of aliphatic hydroxyl groups is 1. The van der Waals surface area contributed by atoms with Crippen LogP contribution in [0.5, 0.6) is 5.75 Å². The molecule has 14 heavy (non-hydrogen) atoms. The monoisotopic (exact) mass is 195 g/mol. The van der Waals surface area contributed by atoms with E-state index >= 15 is 0 Å². The molecule has 2 atom stereocenters. The van der Waals surface area contributed by atoms with Crippen LogP contribution in [0, 0.1) is 0 Å². The summed E-state index contributed by atoms with van der Waals surface area (Å²) < 4.78 is 0. The molecule has 0 radical (unpaired) electrons. The Hall–Kier alpha value is -1.06. The molecule has 0 fully saturated rings. The molecule has 1 rings (SSSR count). The van der Waals surface area contributed by atoms with Crippen molar-refractivity contribution in [2.75, 3.05) is 6.54 Å². The zero-order valence-corrected chi connectivity index (χ0v) is 8.57. The highest BCUT2D eigenvalue weighted by molar-refractivity contribution is 5.27. The maximum absolute atomic E-state index is 9.87. The molecule has 0 amide bonds. The van der Waals surface area contributed by atoms with Gasteiger partial charge in [-0.2, -0.15) is 0 Å². The third-order valence-electron chi connectivity index (χ3n) is 2.23. The van der Waals surface area contributed by atoms with Crippen molar-refractivity contribution < 1.29 is 10.2 Å². The second kappa shape index (κ2) is 4.98. The van der Waals surface area contributed by atoms with E-state index < -0.39 is 6.10 Å². The summed E-state index contributed by atoms with van der Waals surface area (Å²) >= 11 is 0. The molecule has 0 saturated carbocycles. The minimum atomic E-state index is -0.532. The highest BCUT2D eigenvalue weighted by atomic mass is 16.3. The fraction of sp³-hybridized carbons (Fsp3) is 0.455. The van der Waals surface area contributed by atoms with Crippen LogP contribution >= 0.6 is 0 Å². The number of aliphatic hydroxyl groups excluding tert-OH is 1. The summed E-state index contributed by atoms with van der Waals surface area (Å²) in [5, 5.41) is 22.1. The predicted octanol–water partition coefficient (Wildman–Crippen LogP) is 1.42. The average Bonchev–Trinajstić information content (AvgIpc) is 2.18. The van der Waals surface area contributed by atoms with Gasteiger partial charge in [0.25, 0.3) is 0 Å². The summed E-state index contributed by atoms with van der Waals surface area (Å²) in [6.07, 6.45) is -0.532. The minimum Gasteiger partial charge on any atom is -0.508 e. The van der Waals surface area contributed by atoms with Crippen LogP contribution in [0.1, 0.15) is 25.5 Å². The second-order valence-corrected chi connectivity index (χ2v) is 3.38. The van der Waals surface area contributed by atoms with E-state index in [0.29, 0.717) is 0 Å². The number of benzene rings is 1. The molecule has 0 aliphatic heterocycles. The van der Waals surface area contributed by atoms with Gasteiger partial charge in [0.15, 0.2) is 0 Å². The Morgan fingerprint density at radius 1 is 1.29 bits per heavy atom. The summed E-state index contributed by atoms with van der Waals surface area (Å²) in [6.45, 7) is 4.76. The molecule has 0 bridgehead atoms. The van der Waals surface area contributed by atoms with Crippen LogP contribution in [-0.2, 0) is 0 Å². The van der Waals surface area contributed by atoms with Gasteiger partial charge in [-0.3, -0.25) is 0 Å². The van der Waals surface area contributed by atoms with Crippen molar-refractivity contribution >= 4 is 0 Å². The Labute approximate surface area is 84.4 Å². The van der Waals surface area contributed by atoms with E-state index in [1.165, 1.54) is 0 Å². The van der Waals surface area contributed by atoms with Crippen molar-refractivity contribution in [3.63, 3.8) is 0 Å². The van der Waals surface area contributed by atoms with E-state index in [4.69, 9.17) is 5.11 Å². The number of phenols is 1. The molecule has 3 heteroatoms. The fourth-order valence-corrected chi connectivity index (χ4v) is 1.39. The standard InChI is InChI=1S/C11H17NO2/c1-3-12-8(2)11(14)9-4-6-10(13)7-5-9/h4-8,11-14H,3H2,1-2H3. The lowest BCUT2D eigenvalue weighted by molar-refractivity contribution is 0.137. The number of hydrogen-bond donors (Lipinski definition) is 3. The Morgan fingerprint density at radius 2 is 1.86 bits per heavy atom. The average molecular weight is 195 g/mol. The zero-order chi connectivity index (χ0) is 10.6. The van der Waals surface area contributed by atoms with Gasteiger partial charge in [-0.15, -0.1) is 0 Å². The molecule has 0 aromatic heterocycles. The Kier molecular flexibility index (Phi) is 3.92. The third-order valence-corrected chi connectivity index (χ3v) is 2.23. The summed E-state index contributed by atoms with van der Waals surface area (Å²) in [7, 11) is 0. The molecular formula is C11H17NO2. The van der Waals surface area contributed by atoms with Gasteiger partial charge >= 0.3 is 0 Å². The van der Waals surface area contributed by atoms with E-state index in [1.54, 1.807) is 24.3 Å². The van der Waals surface area contributed by atoms with E-state index in [2.05, 4.69) is 5.32 Å². The zero-order valence-electron chi connectivity index (χ0n) is 8.57. The SMILES string of the molecule is CCNC(C)C(O)c1ccc(O)cc1. The first-order chi connectivity index (χ1) is 6.65. The second-order valence-electron chi connectivity index (χ2n) is 3.38. The van der Waals surface area contributed by atoms with Crippen molar-refractivity contribution in [2.24, 2.45) is 0 Å². The van der Waals surface area contributed by atoms with Crippen molar-refractivity contribution in [3.8, 4) is 5.75 Å². The number of rotatable bonds is 4. The maximum atomic E-state index is 9.87. The van der Waals surface area contributed by atoms with Gasteiger partial charge in [-0.1, -0.05) is 19.1 Å². The summed E-state index contributed by atoms with van der Waals surface area (Å²) in [4.78, 5) is 0. The van der Waals surface area contributed by atoms with Crippen LogP contribution in [0.3, 0.4) is 0 Å². The van der Waals surface area contributed by atoms with Crippen molar-refractivity contribution in [3.05, 3.63) is 29.8 Å². The first kappa shape index (κ1) is 11.0. The molecule has 78 valence electrons. The normalized spacial score (nSPS) is 15.1. The van der Waals surface area contributed by atoms with E-state index in [-0.39, 0.29) is 11.8 Å². The highest BCUT2D eigenvalue weighted by Crippen LogP contribution is 2.19. The van der Waals surface area contributed by atoms with Crippen molar-refractivity contribution in [2.45, 2.75) is 26.0 Å². The Balaban J connectivity index is 2.68. The van der Waals surface area contributed by atoms with E-state index in [1.807, 2.05) is 13.8 Å². The molecule has 2 unspecified atom stereocenters. The van der Waals surface area contributed by atoms with Crippen LogP contribution in [-0.4, -0.2) is 22.8 Å². The fourth-order valence-electron chi connectivity index (χ4n) is 1.39.